The van der Waals surface area contributed by atoms with Crippen LogP contribution in [0.5, 0.6) is 0 Å². The molecule has 0 radical (unpaired) electrons. The molecule has 1 rings (SSSR count). The van der Waals surface area contributed by atoms with E-state index in [9.17, 15) is 0 Å². The maximum atomic E-state index is 5.83. The van der Waals surface area contributed by atoms with Crippen molar-refractivity contribution >= 4 is 29.9 Å². The maximum Gasteiger partial charge on any atom is 0.188 e. The highest BCUT2D eigenvalue weighted by atomic mass is 127. The number of aryl methyl sites for hydroxylation is 2. The van der Waals surface area contributed by atoms with E-state index >= 15 is 0 Å². The second-order valence-corrected chi connectivity index (χ2v) is 4.84. The van der Waals surface area contributed by atoms with Gasteiger partial charge in [-0.1, -0.05) is 25.1 Å². The molecule has 0 aliphatic heterocycles. The lowest BCUT2D eigenvalue weighted by atomic mass is 10.0. The van der Waals surface area contributed by atoms with Gasteiger partial charge in [0.2, 0.25) is 0 Å². The van der Waals surface area contributed by atoms with Gasteiger partial charge in [-0.3, -0.25) is 4.99 Å². The van der Waals surface area contributed by atoms with Gasteiger partial charge in [-0.2, -0.15) is 0 Å². The van der Waals surface area contributed by atoms with Crippen molar-refractivity contribution < 1.29 is 0 Å². The number of hydrogen-bond acceptors (Lipinski definition) is 1. The van der Waals surface area contributed by atoms with Gasteiger partial charge in [-0.25, -0.2) is 0 Å². The molecular formula is C15H26IN3. The smallest absolute Gasteiger partial charge is 0.188 e. The molecule has 3 N–H and O–H groups in total. The Hall–Kier alpha value is -0.780. The number of nitrogens with zero attached hydrogens (tertiary/aromatic N) is 1. The second kappa shape index (κ2) is 9.18. The minimum atomic E-state index is 0. The Morgan fingerprint density at radius 2 is 1.89 bits per heavy atom. The molecule has 0 saturated heterocycles. The van der Waals surface area contributed by atoms with E-state index in [2.05, 4.69) is 56.2 Å². The van der Waals surface area contributed by atoms with Crippen LogP contribution in [0.15, 0.2) is 23.2 Å². The van der Waals surface area contributed by atoms with E-state index < -0.39 is 0 Å². The molecule has 0 aliphatic carbocycles. The SMILES string of the molecule is CCC(C)NC(N)=NCCc1c(C)cccc1C.I. The van der Waals surface area contributed by atoms with Gasteiger partial charge in [0.25, 0.3) is 0 Å². The van der Waals surface area contributed by atoms with Crippen LogP contribution in [0, 0.1) is 13.8 Å². The van der Waals surface area contributed by atoms with Crippen LogP contribution in [0.2, 0.25) is 0 Å². The predicted octanol–water partition coefficient (Wildman–Crippen LogP) is 3.17. The topological polar surface area (TPSA) is 50.4 Å². The van der Waals surface area contributed by atoms with Crippen LogP contribution in [0.1, 0.15) is 37.0 Å². The first kappa shape index (κ1) is 18.2. The molecule has 0 saturated carbocycles. The van der Waals surface area contributed by atoms with Crippen molar-refractivity contribution in [3.63, 3.8) is 0 Å². The minimum Gasteiger partial charge on any atom is -0.370 e. The molecule has 4 heteroatoms. The molecule has 1 unspecified atom stereocenters. The molecule has 19 heavy (non-hydrogen) atoms. The summed E-state index contributed by atoms with van der Waals surface area (Å²) in [6.07, 6.45) is 1.99. The molecule has 108 valence electrons. The molecule has 0 aromatic heterocycles. The van der Waals surface area contributed by atoms with E-state index in [4.69, 9.17) is 5.73 Å². The van der Waals surface area contributed by atoms with Crippen LogP contribution in [0.4, 0.5) is 0 Å². The van der Waals surface area contributed by atoms with Gasteiger partial charge >= 0.3 is 0 Å². The zero-order valence-electron chi connectivity index (χ0n) is 12.4. The molecule has 0 fully saturated rings. The van der Waals surface area contributed by atoms with E-state index in [-0.39, 0.29) is 24.0 Å². The molecule has 0 aliphatic rings. The Bertz CT molecular complexity index is 396. The number of nitrogens with one attached hydrogen (secondary N) is 1. The lowest BCUT2D eigenvalue weighted by Crippen LogP contribution is -2.38. The fraction of sp³-hybridized carbons (Fsp3) is 0.533. The Labute approximate surface area is 134 Å². The molecule has 0 bridgehead atoms. The first-order valence-electron chi connectivity index (χ1n) is 6.66. The van der Waals surface area contributed by atoms with E-state index in [1.54, 1.807) is 0 Å². The largest absolute Gasteiger partial charge is 0.370 e. The Balaban J connectivity index is 0.00000324. The first-order chi connectivity index (χ1) is 8.54. The summed E-state index contributed by atoms with van der Waals surface area (Å²) >= 11 is 0. The normalized spacial score (nSPS) is 12.7. The number of rotatable bonds is 5. The van der Waals surface area contributed by atoms with Crippen LogP contribution < -0.4 is 11.1 Å². The van der Waals surface area contributed by atoms with Crippen LogP contribution in [0.25, 0.3) is 0 Å². The van der Waals surface area contributed by atoms with Gasteiger partial charge in [0, 0.05) is 12.6 Å². The molecular weight excluding hydrogens is 349 g/mol. The van der Waals surface area contributed by atoms with E-state index in [0.717, 1.165) is 19.4 Å². The number of benzene rings is 1. The monoisotopic (exact) mass is 375 g/mol. The fourth-order valence-electron chi connectivity index (χ4n) is 1.93. The molecule has 1 aromatic rings. The lowest BCUT2D eigenvalue weighted by Gasteiger charge is -2.12. The highest BCUT2D eigenvalue weighted by Gasteiger charge is 2.02. The van der Waals surface area contributed by atoms with E-state index in [0.29, 0.717) is 12.0 Å². The Morgan fingerprint density at radius 1 is 1.32 bits per heavy atom. The van der Waals surface area contributed by atoms with Gasteiger partial charge in [0.1, 0.15) is 0 Å². The third-order valence-electron chi connectivity index (χ3n) is 3.30. The lowest BCUT2D eigenvalue weighted by molar-refractivity contribution is 0.636. The summed E-state index contributed by atoms with van der Waals surface area (Å²) in [4.78, 5) is 4.37. The van der Waals surface area contributed by atoms with Crippen molar-refractivity contribution in [1.29, 1.82) is 0 Å². The quantitative estimate of drug-likeness (QED) is 0.472. The van der Waals surface area contributed by atoms with Crippen molar-refractivity contribution in [1.82, 2.24) is 5.32 Å². The van der Waals surface area contributed by atoms with Crippen molar-refractivity contribution in [3.8, 4) is 0 Å². The summed E-state index contributed by atoms with van der Waals surface area (Å²) in [5.41, 5.74) is 9.88. The third-order valence-corrected chi connectivity index (χ3v) is 3.30. The summed E-state index contributed by atoms with van der Waals surface area (Å²) in [5, 5.41) is 3.17. The van der Waals surface area contributed by atoms with Crippen LogP contribution >= 0.6 is 24.0 Å². The summed E-state index contributed by atoms with van der Waals surface area (Å²) in [7, 11) is 0. The number of nitrogens with two attached hydrogens (primary N) is 1. The highest BCUT2D eigenvalue weighted by Crippen LogP contribution is 2.13. The zero-order chi connectivity index (χ0) is 13.5. The minimum absolute atomic E-state index is 0. The average molecular weight is 375 g/mol. The predicted molar refractivity (Wildman–Crippen MR) is 94.4 cm³/mol. The number of guanidine groups is 1. The third kappa shape index (κ3) is 6.27. The fourth-order valence-corrected chi connectivity index (χ4v) is 1.93. The van der Waals surface area contributed by atoms with Crippen molar-refractivity contribution in [2.24, 2.45) is 10.7 Å². The summed E-state index contributed by atoms with van der Waals surface area (Å²) in [6.45, 7) is 9.26. The van der Waals surface area contributed by atoms with Gasteiger partial charge in [-0.05, 0) is 50.3 Å². The number of aliphatic imine (C=N–C) groups is 1. The van der Waals surface area contributed by atoms with Gasteiger partial charge in [-0.15, -0.1) is 24.0 Å². The van der Waals surface area contributed by atoms with Crippen molar-refractivity contribution in [2.45, 2.75) is 46.6 Å². The maximum absolute atomic E-state index is 5.83. The van der Waals surface area contributed by atoms with Gasteiger partial charge in [0.05, 0.1) is 0 Å². The van der Waals surface area contributed by atoms with E-state index in [1.165, 1.54) is 16.7 Å². The molecule has 1 aromatic carbocycles. The van der Waals surface area contributed by atoms with Crippen LogP contribution in [-0.4, -0.2) is 18.5 Å². The molecule has 0 heterocycles. The number of halogens is 1. The first-order valence-corrected chi connectivity index (χ1v) is 6.66. The van der Waals surface area contributed by atoms with Crippen LogP contribution in [-0.2, 0) is 6.42 Å². The van der Waals surface area contributed by atoms with Crippen LogP contribution in [0.3, 0.4) is 0 Å². The van der Waals surface area contributed by atoms with Gasteiger partial charge in [0.15, 0.2) is 5.96 Å². The Kier molecular flexibility index (Phi) is 8.80. The molecule has 3 nitrogen and oxygen atoms in total. The standard InChI is InChI=1S/C15H25N3.HI/c1-5-13(4)18-15(16)17-10-9-14-11(2)7-6-8-12(14)3;/h6-8,13H,5,9-10H2,1-4H3,(H3,16,17,18);1H. The molecule has 1 atom stereocenters. The summed E-state index contributed by atoms with van der Waals surface area (Å²) in [6, 6.07) is 6.77. The summed E-state index contributed by atoms with van der Waals surface area (Å²) < 4.78 is 0. The van der Waals surface area contributed by atoms with Crippen molar-refractivity contribution in [2.75, 3.05) is 6.54 Å². The second-order valence-electron chi connectivity index (χ2n) is 4.84. The molecule has 0 amide bonds. The zero-order valence-corrected chi connectivity index (χ0v) is 14.7. The summed E-state index contributed by atoms with van der Waals surface area (Å²) in [5.74, 6) is 0.551. The Morgan fingerprint density at radius 3 is 2.42 bits per heavy atom. The number of hydrogen-bond donors (Lipinski definition) is 2. The average Bonchev–Trinajstić information content (AvgIpc) is 2.32. The highest BCUT2D eigenvalue weighted by molar-refractivity contribution is 14.0. The van der Waals surface area contributed by atoms with E-state index in [1.807, 2.05) is 0 Å². The molecule has 0 spiro atoms. The van der Waals surface area contributed by atoms with Gasteiger partial charge < -0.3 is 11.1 Å². The van der Waals surface area contributed by atoms with Crippen molar-refractivity contribution in [3.05, 3.63) is 34.9 Å².